The second-order valence-corrected chi connectivity index (χ2v) is 5.34. The lowest BCUT2D eigenvalue weighted by Gasteiger charge is -2.37. The summed E-state index contributed by atoms with van der Waals surface area (Å²) in [5.41, 5.74) is 4.00. The number of aromatic amines is 1. The molecule has 1 aliphatic carbocycles. The van der Waals surface area contributed by atoms with Crippen molar-refractivity contribution in [3.05, 3.63) is 47.0 Å². The quantitative estimate of drug-likeness (QED) is 0.885. The van der Waals surface area contributed by atoms with Gasteiger partial charge in [-0.3, -0.25) is 5.10 Å². The van der Waals surface area contributed by atoms with Gasteiger partial charge in [0.1, 0.15) is 5.82 Å². The Bertz CT molecular complexity index is 565. The minimum Gasteiger partial charge on any atom is -0.379 e. The van der Waals surface area contributed by atoms with Gasteiger partial charge in [-0.15, -0.1) is 0 Å². The fraction of sp³-hybridized carbons (Fsp3) is 0.400. The lowest BCUT2D eigenvalue weighted by Crippen LogP contribution is -2.34. The smallest absolute Gasteiger partial charge is 0.126 e. The van der Waals surface area contributed by atoms with Gasteiger partial charge in [-0.05, 0) is 44.2 Å². The molecule has 2 aromatic rings. The molecule has 1 heterocycles. The molecule has 1 aromatic heterocycles. The van der Waals surface area contributed by atoms with Crippen LogP contribution in [-0.4, -0.2) is 16.2 Å². The van der Waals surface area contributed by atoms with E-state index in [-0.39, 0.29) is 5.82 Å². The number of hydrogen-bond acceptors (Lipinski definition) is 2. The van der Waals surface area contributed by atoms with E-state index in [0.717, 1.165) is 35.5 Å². The molecule has 0 spiro atoms. The zero-order valence-electron chi connectivity index (χ0n) is 11.2. The molecule has 1 fully saturated rings. The van der Waals surface area contributed by atoms with Crippen LogP contribution in [0.4, 0.5) is 10.1 Å². The first-order valence-corrected chi connectivity index (χ1v) is 6.67. The number of hydrogen-bond donors (Lipinski definition) is 2. The third-order valence-corrected chi connectivity index (χ3v) is 3.96. The van der Waals surface area contributed by atoms with Crippen LogP contribution in [0.25, 0.3) is 0 Å². The van der Waals surface area contributed by atoms with Gasteiger partial charge >= 0.3 is 0 Å². The van der Waals surface area contributed by atoms with E-state index in [9.17, 15) is 4.39 Å². The molecule has 0 atom stereocenters. The number of aromatic nitrogens is 2. The predicted molar refractivity (Wildman–Crippen MR) is 73.8 cm³/mol. The standard InChI is InChI=1S/C15H18FN3/c1-9-15(10(2)19-18-9)17-12-7-11(8-12)13-5-3-4-6-14(13)16/h3-6,11-12,17H,7-8H2,1-2H3,(H,18,19). The third-order valence-electron chi connectivity index (χ3n) is 3.96. The number of benzene rings is 1. The summed E-state index contributed by atoms with van der Waals surface area (Å²) in [7, 11) is 0. The third kappa shape index (κ3) is 2.23. The summed E-state index contributed by atoms with van der Waals surface area (Å²) in [5.74, 6) is 0.257. The highest BCUT2D eigenvalue weighted by Gasteiger charge is 2.32. The molecule has 0 saturated heterocycles. The maximum Gasteiger partial charge on any atom is 0.126 e. The summed E-state index contributed by atoms with van der Waals surface area (Å²) in [6.07, 6.45) is 1.95. The van der Waals surface area contributed by atoms with Crippen molar-refractivity contribution in [2.45, 2.75) is 38.6 Å². The summed E-state index contributed by atoms with van der Waals surface area (Å²) in [5, 5.41) is 10.6. The van der Waals surface area contributed by atoms with Crippen molar-refractivity contribution in [1.82, 2.24) is 10.2 Å². The zero-order valence-corrected chi connectivity index (χ0v) is 11.2. The summed E-state index contributed by atoms with van der Waals surface area (Å²) in [4.78, 5) is 0. The first kappa shape index (κ1) is 12.2. The minimum absolute atomic E-state index is 0.0818. The van der Waals surface area contributed by atoms with Crippen molar-refractivity contribution in [2.75, 3.05) is 5.32 Å². The van der Waals surface area contributed by atoms with E-state index in [1.54, 1.807) is 12.1 Å². The predicted octanol–water partition coefficient (Wildman–Crippen LogP) is 3.52. The fourth-order valence-corrected chi connectivity index (χ4v) is 2.76. The monoisotopic (exact) mass is 259 g/mol. The van der Waals surface area contributed by atoms with E-state index in [0.29, 0.717) is 12.0 Å². The minimum atomic E-state index is -0.0818. The molecule has 0 amide bonds. The van der Waals surface area contributed by atoms with Crippen molar-refractivity contribution in [2.24, 2.45) is 0 Å². The van der Waals surface area contributed by atoms with Crippen LogP contribution >= 0.6 is 0 Å². The molecule has 19 heavy (non-hydrogen) atoms. The number of nitrogens with one attached hydrogen (secondary N) is 2. The second kappa shape index (κ2) is 4.68. The van der Waals surface area contributed by atoms with Crippen molar-refractivity contribution in [1.29, 1.82) is 0 Å². The zero-order chi connectivity index (χ0) is 13.4. The maximum atomic E-state index is 13.7. The molecule has 0 aliphatic heterocycles. The van der Waals surface area contributed by atoms with Crippen molar-refractivity contribution in [3.8, 4) is 0 Å². The molecular formula is C15H18FN3. The van der Waals surface area contributed by atoms with Gasteiger partial charge in [-0.1, -0.05) is 18.2 Å². The molecule has 100 valence electrons. The topological polar surface area (TPSA) is 40.7 Å². The van der Waals surface area contributed by atoms with Gasteiger partial charge in [0.2, 0.25) is 0 Å². The molecular weight excluding hydrogens is 241 g/mol. The average Bonchev–Trinajstić information content (AvgIpc) is 2.65. The first-order chi connectivity index (χ1) is 9.15. The number of nitrogens with zero attached hydrogens (tertiary/aromatic N) is 1. The van der Waals surface area contributed by atoms with Crippen LogP contribution in [0, 0.1) is 19.7 Å². The molecule has 0 bridgehead atoms. The summed E-state index contributed by atoms with van der Waals surface area (Å²) in [6.45, 7) is 3.99. The van der Waals surface area contributed by atoms with Gasteiger partial charge < -0.3 is 5.32 Å². The van der Waals surface area contributed by atoms with Crippen LogP contribution in [0.1, 0.15) is 35.7 Å². The van der Waals surface area contributed by atoms with Crippen LogP contribution in [0.15, 0.2) is 24.3 Å². The summed E-state index contributed by atoms with van der Waals surface area (Å²) >= 11 is 0. The Morgan fingerprint density at radius 1 is 1.26 bits per heavy atom. The lowest BCUT2D eigenvalue weighted by molar-refractivity contribution is 0.363. The Morgan fingerprint density at radius 2 is 2.00 bits per heavy atom. The highest BCUT2D eigenvalue weighted by molar-refractivity contribution is 5.52. The number of anilines is 1. The number of aryl methyl sites for hydroxylation is 2. The van der Waals surface area contributed by atoms with Crippen LogP contribution < -0.4 is 5.32 Å². The van der Waals surface area contributed by atoms with Crippen LogP contribution in [0.5, 0.6) is 0 Å². The summed E-state index contributed by atoms with van der Waals surface area (Å²) < 4.78 is 13.7. The Balaban J connectivity index is 1.63. The fourth-order valence-electron chi connectivity index (χ4n) is 2.76. The maximum absolute atomic E-state index is 13.7. The van der Waals surface area contributed by atoms with Gasteiger partial charge in [0.15, 0.2) is 0 Å². The van der Waals surface area contributed by atoms with Gasteiger partial charge in [0.05, 0.1) is 17.1 Å². The van der Waals surface area contributed by atoms with Crippen molar-refractivity contribution < 1.29 is 4.39 Å². The van der Waals surface area contributed by atoms with E-state index in [1.807, 2.05) is 26.0 Å². The number of rotatable bonds is 3. The highest BCUT2D eigenvalue weighted by Crippen LogP contribution is 2.39. The average molecular weight is 259 g/mol. The molecule has 1 saturated carbocycles. The van der Waals surface area contributed by atoms with Crippen LogP contribution in [0.2, 0.25) is 0 Å². The van der Waals surface area contributed by atoms with Crippen LogP contribution in [-0.2, 0) is 0 Å². The first-order valence-electron chi connectivity index (χ1n) is 6.67. The SMILES string of the molecule is Cc1n[nH]c(C)c1NC1CC(c2ccccc2F)C1. The molecule has 2 N–H and O–H groups in total. The Hall–Kier alpha value is -1.84. The number of halogens is 1. The molecule has 1 aliphatic rings. The molecule has 4 heteroatoms. The Morgan fingerprint density at radius 3 is 2.63 bits per heavy atom. The second-order valence-electron chi connectivity index (χ2n) is 5.34. The van der Waals surface area contributed by atoms with Gasteiger partial charge in [-0.25, -0.2) is 4.39 Å². The molecule has 1 aromatic carbocycles. The van der Waals surface area contributed by atoms with E-state index >= 15 is 0 Å². The van der Waals surface area contributed by atoms with Crippen LogP contribution in [0.3, 0.4) is 0 Å². The van der Waals surface area contributed by atoms with Gasteiger partial charge in [-0.2, -0.15) is 5.10 Å². The van der Waals surface area contributed by atoms with Gasteiger partial charge in [0.25, 0.3) is 0 Å². The Kier molecular flexibility index (Phi) is 3.01. The molecule has 0 radical (unpaired) electrons. The molecule has 3 nitrogen and oxygen atoms in total. The normalized spacial score (nSPS) is 22.1. The Labute approximate surface area is 112 Å². The van der Waals surface area contributed by atoms with E-state index in [2.05, 4.69) is 15.5 Å². The molecule has 0 unspecified atom stereocenters. The molecule has 3 rings (SSSR count). The van der Waals surface area contributed by atoms with E-state index in [4.69, 9.17) is 0 Å². The number of H-pyrrole nitrogens is 1. The van der Waals surface area contributed by atoms with E-state index < -0.39 is 0 Å². The van der Waals surface area contributed by atoms with Gasteiger partial charge in [0, 0.05) is 6.04 Å². The van der Waals surface area contributed by atoms with E-state index in [1.165, 1.54) is 0 Å². The largest absolute Gasteiger partial charge is 0.379 e. The summed E-state index contributed by atoms with van der Waals surface area (Å²) in [6, 6.07) is 7.50. The van der Waals surface area contributed by atoms with Crippen molar-refractivity contribution in [3.63, 3.8) is 0 Å². The lowest BCUT2D eigenvalue weighted by atomic mass is 9.75. The van der Waals surface area contributed by atoms with Crippen molar-refractivity contribution >= 4 is 5.69 Å². The highest BCUT2D eigenvalue weighted by atomic mass is 19.1.